The van der Waals surface area contributed by atoms with Crippen molar-refractivity contribution in [1.29, 1.82) is 0 Å². The van der Waals surface area contributed by atoms with E-state index >= 15 is 0 Å². The van der Waals surface area contributed by atoms with E-state index in [4.69, 9.17) is 4.74 Å². The molecule has 0 aliphatic rings. The van der Waals surface area contributed by atoms with Crippen molar-refractivity contribution in [3.63, 3.8) is 0 Å². The number of anilines is 1. The molecule has 0 saturated carbocycles. The van der Waals surface area contributed by atoms with Crippen molar-refractivity contribution in [2.75, 3.05) is 11.9 Å². The Hall–Kier alpha value is -2.79. The van der Waals surface area contributed by atoms with Gasteiger partial charge in [-0.1, -0.05) is 0 Å². The molecule has 0 unspecified atom stereocenters. The third-order valence-electron chi connectivity index (χ3n) is 2.56. The van der Waals surface area contributed by atoms with Crippen LogP contribution >= 0.6 is 0 Å². The van der Waals surface area contributed by atoms with Crippen LogP contribution in [0, 0.1) is 0 Å². The number of aromatic nitrogens is 3. The lowest BCUT2D eigenvalue weighted by atomic mass is 10.2. The van der Waals surface area contributed by atoms with Crippen LogP contribution in [0.25, 0.3) is 0 Å². The summed E-state index contributed by atoms with van der Waals surface area (Å²) in [5, 5.41) is 6.69. The van der Waals surface area contributed by atoms with Crippen molar-refractivity contribution < 1.29 is 35.9 Å². The maximum absolute atomic E-state index is 12.4. The summed E-state index contributed by atoms with van der Waals surface area (Å²) in [6.45, 7) is -0.652. The maximum Gasteiger partial charge on any atom is 0.451 e. The lowest BCUT2D eigenvalue weighted by Crippen LogP contribution is -2.21. The van der Waals surface area contributed by atoms with Crippen molar-refractivity contribution >= 4 is 11.9 Å². The predicted octanol–water partition coefficient (Wildman–Crippen LogP) is 2.86. The van der Waals surface area contributed by atoms with Crippen LogP contribution in [0.1, 0.15) is 11.4 Å². The van der Waals surface area contributed by atoms with Crippen molar-refractivity contribution in [2.45, 2.75) is 12.4 Å². The Morgan fingerprint density at radius 3 is 2.21 bits per heavy atom. The standard InChI is InChI=1S/C12H8F6N4O2/c13-11(14,15)6-1-3-7(4-2-6)24-5-8(23)19-10-20-9(21-22-10)12(16,17)18/h1-4H,5H2,(H2,19,20,21,22,23). The number of nitrogens with one attached hydrogen (secondary N) is 2. The predicted molar refractivity (Wildman–Crippen MR) is 67.0 cm³/mol. The van der Waals surface area contributed by atoms with Gasteiger partial charge in [-0.15, -0.1) is 5.10 Å². The molecule has 0 aliphatic carbocycles. The molecule has 12 heteroatoms. The van der Waals surface area contributed by atoms with E-state index in [1.54, 1.807) is 5.10 Å². The quantitative estimate of drug-likeness (QED) is 0.828. The number of carbonyl (C=O) groups excluding carboxylic acids is 1. The van der Waals surface area contributed by atoms with E-state index in [2.05, 4.69) is 10.1 Å². The van der Waals surface area contributed by atoms with E-state index < -0.39 is 42.2 Å². The highest BCUT2D eigenvalue weighted by Gasteiger charge is 2.35. The molecule has 1 amide bonds. The van der Waals surface area contributed by atoms with Gasteiger partial charge in [0, 0.05) is 0 Å². The largest absolute Gasteiger partial charge is 0.484 e. The van der Waals surface area contributed by atoms with Gasteiger partial charge in [-0.05, 0) is 24.3 Å². The molecule has 2 aromatic rings. The van der Waals surface area contributed by atoms with Crippen LogP contribution in [-0.4, -0.2) is 27.7 Å². The number of hydrogen-bond acceptors (Lipinski definition) is 4. The Balaban J connectivity index is 1.88. The van der Waals surface area contributed by atoms with Gasteiger partial charge in [-0.2, -0.15) is 31.3 Å². The van der Waals surface area contributed by atoms with Gasteiger partial charge in [0.2, 0.25) is 11.8 Å². The van der Waals surface area contributed by atoms with Crippen molar-refractivity contribution in [2.24, 2.45) is 0 Å². The molecule has 1 heterocycles. The average Bonchev–Trinajstić information content (AvgIpc) is 2.93. The first-order valence-corrected chi connectivity index (χ1v) is 6.15. The lowest BCUT2D eigenvalue weighted by Gasteiger charge is -2.08. The molecule has 0 spiro atoms. The van der Waals surface area contributed by atoms with E-state index in [0.717, 1.165) is 24.3 Å². The normalized spacial score (nSPS) is 12.1. The van der Waals surface area contributed by atoms with Crippen LogP contribution in [0.3, 0.4) is 0 Å². The van der Waals surface area contributed by atoms with Crippen molar-refractivity contribution in [3.8, 4) is 5.75 Å². The molecular weight excluding hydrogens is 346 g/mol. The highest BCUT2D eigenvalue weighted by atomic mass is 19.4. The second-order valence-corrected chi connectivity index (χ2v) is 4.36. The number of amides is 1. The van der Waals surface area contributed by atoms with E-state index in [-0.39, 0.29) is 5.75 Å². The van der Waals surface area contributed by atoms with E-state index in [1.807, 2.05) is 5.32 Å². The smallest absolute Gasteiger partial charge is 0.451 e. The Bertz CT molecular complexity index is 708. The first-order chi connectivity index (χ1) is 11.1. The summed E-state index contributed by atoms with van der Waals surface area (Å²) in [6.07, 6.45) is -9.25. The van der Waals surface area contributed by atoms with Gasteiger partial charge in [0.15, 0.2) is 6.61 Å². The number of aromatic amines is 1. The molecule has 0 radical (unpaired) electrons. The minimum absolute atomic E-state index is 0.0240. The van der Waals surface area contributed by atoms with Gasteiger partial charge < -0.3 is 4.74 Å². The molecule has 0 fully saturated rings. The molecule has 24 heavy (non-hydrogen) atoms. The first-order valence-electron chi connectivity index (χ1n) is 6.15. The number of rotatable bonds is 4. The molecule has 1 aromatic carbocycles. The Kier molecular flexibility index (Phi) is 4.66. The van der Waals surface area contributed by atoms with E-state index in [9.17, 15) is 31.1 Å². The topological polar surface area (TPSA) is 79.9 Å². The Morgan fingerprint density at radius 2 is 1.71 bits per heavy atom. The number of carbonyl (C=O) groups is 1. The lowest BCUT2D eigenvalue weighted by molar-refractivity contribution is -0.144. The Morgan fingerprint density at radius 1 is 1.08 bits per heavy atom. The fourth-order valence-electron chi connectivity index (χ4n) is 1.49. The zero-order valence-electron chi connectivity index (χ0n) is 11.5. The number of H-pyrrole nitrogens is 1. The second kappa shape index (κ2) is 6.37. The fourth-order valence-corrected chi connectivity index (χ4v) is 1.49. The molecular formula is C12H8F6N4O2. The van der Waals surface area contributed by atoms with Crippen molar-refractivity contribution in [3.05, 3.63) is 35.7 Å². The van der Waals surface area contributed by atoms with Gasteiger partial charge in [-0.3, -0.25) is 15.2 Å². The molecule has 2 N–H and O–H groups in total. The van der Waals surface area contributed by atoms with E-state index in [0.29, 0.717) is 0 Å². The highest BCUT2D eigenvalue weighted by molar-refractivity contribution is 5.90. The summed E-state index contributed by atoms with van der Waals surface area (Å²) in [6, 6.07) is 3.53. The summed E-state index contributed by atoms with van der Waals surface area (Å²) < 4.78 is 78.8. The van der Waals surface area contributed by atoms with E-state index in [1.165, 1.54) is 0 Å². The summed E-state index contributed by atoms with van der Waals surface area (Å²) in [4.78, 5) is 14.5. The van der Waals surface area contributed by atoms with Crippen LogP contribution < -0.4 is 10.1 Å². The van der Waals surface area contributed by atoms with Crippen molar-refractivity contribution in [1.82, 2.24) is 15.2 Å². The average molecular weight is 354 g/mol. The third kappa shape index (κ3) is 4.60. The minimum Gasteiger partial charge on any atom is -0.484 e. The van der Waals surface area contributed by atoms with Gasteiger partial charge >= 0.3 is 12.4 Å². The van der Waals surface area contributed by atoms with Gasteiger partial charge in [0.25, 0.3) is 5.91 Å². The number of alkyl halides is 6. The van der Waals surface area contributed by atoms with Gasteiger partial charge in [-0.25, -0.2) is 0 Å². The zero-order chi connectivity index (χ0) is 18.0. The zero-order valence-corrected chi connectivity index (χ0v) is 11.5. The monoisotopic (exact) mass is 354 g/mol. The second-order valence-electron chi connectivity index (χ2n) is 4.36. The van der Waals surface area contributed by atoms with Gasteiger partial charge in [0.1, 0.15) is 5.75 Å². The number of ether oxygens (including phenoxy) is 1. The fraction of sp³-hybridized carbons (Fsp3) is 0.250. The van der Waals surface area contributed by atoms with Crippen LogP contribution in [-0.2, 0) is 17.1 Å². The number of halogens is 6. The Labute approximate surface area is 129 Å². The molecule has 0 bridgehead atoms. The van der Waals surface area contributed by atoms with Crippen LogP contribution in [0.2, 0.25) is 0 Å². The molecule has 130 valence electrons. The molecule has 2 rings (SSSR count). The van der Waals surface area contributed by atoms with Gasteiger partial charge in [0.05, 0.1) is 5.56 Å². The molecule has 1 aromatic heterocycles. The minimum atomic E-state index is -4.74. The molecule has 0 aliphatic heterocycles. The highest BCUT2D eigenvalue weighted by Crippen LogP contribution is 2.30. The molecule has 6 nitrogen and oxygen atoms in total. The summed E-state index contributed by atoms with van der Waals surface area (Å²) in [5.74, 6) is -2.91. The summed E-state index contributed by atoms with van der Waals surface area (Å²) >= 11 is 0. The molecule has 0 atom stereocenters. The van der Waals surface area contributed by atoms with Crippen LogP contribution in [0.5, 0.6) is 5.75 Å². The number of nitrogens with zero attached hydrogens (tertiary/aromatic N) is 2. The number of hydrogen-bond donors (Lipinski definition) is 2. The van der Waals surface area contributed by atoms with Crippen LogP contribution in [0.4, 0.5) is 32.3 Å². The summed E-state index contributed by atoms with van der Waals surface area (Å²) in [5.41, 5.74) is -0.889. The maximum atomic E-state index is 12.4. The number of benzene rings is 1. The first kappa shape index (κ1) is 17.6. The molecule has 0 saturated heterocycles. The SMILES string of the molecule is O=C(COc1ccc(C(F)(F)F)cc1)Nc1n[nH]c(C(F)(F)F)n1. The summed E-state index contributed by atoms with van der Waals surface area (Å²) in [7, 11) is 0. The van der Waals surface area contributed by atoms with Crippen LogP contribution in [0.15, 0.2) is 24.3 Å². The third-order valence-corrected chi connectivity index (χ3v) is 2.56.